The molecule has 0 fully saturated rings. The highest BCUT2D eigenvalue weighted by atomic mass is 35.5. The Hall–Kier alpha value is -4.93. The molecule has 0 radical (unpaired) electrons. The Bertz CT molecular complexity index is 1970. The van der Waals surface area contributed by atoms with Gasteiger partial charge in [0.25, 0.3) is 0 Å². The largest absolute Gasteiger partial charge is 0.228 e. The molecule has 0 aliphatic heterocycles. The van der Waals surface area contributed by atoms with Gasteiger partial charge in [0.2, 0.25) is 0 Å². The number of halogens is 1. The van der Waals surface area contributed by atoms with Gasteiger partial charge in [-0.2, -0.15) is 0 Å². The first-order chi connectivity index (χ1) is 19.2. The highest BCUT2D eigenvalue weighted by molar-refractivity contribution is 6.31. The zero-order valence-corrected chi connectivity index (χ0v) is 21.5. The molecule has 5 aromatic carbocycles. The predicted octanol–water partition coefficient (Wildman–Crippen LogP) is 8.89. The average molecular weight is 521 g/mol. The van der Waals surface area contributed by atoms with E-state index in [0.717, 1.165) is 55.4 Å². The maximum absolute atomic E-state index is 6.73. The second-order valence-corrected chi connectivity index (χ2v) is 9.72. The summed E-state index contributed by atoms with van der Waals surface area (Å²) >= 11 is 6.73. The topological polar surface area (TPSA) is 51.6 Å². The average Bonchev–Trinajstić information content (AvgIpc) is 3.00. The van der Waals surface area contributed by atoms with Crippen molar-refractivity contribution in [2.45, 2.75) is 0 Å². The first kappa shape index (κ1) is 23.2. The Morgan fingerprint density at radius 2 is 0.846 bits per heavy atom. The van der Waals surface area contributed by atoms with E-state index in [-0.39, 0.29) is 0 Å². The summed E-state index contributed by atoms with van der Waals surface area (Å²) in [6, 6.07) is 42.2. The fourth-order valence-electron chi connectivity index (χ4n) is 4.89. The maximum atomic E-state index is 6.73. The molecule has 0 amide bonds. The zero-order chi connectivity index (χ0) is 26.2. The minimum atomic E-state index is 0.587. The molecule has 0 atom stereocenters. The Morgan fingerprint density at radius 3 is 1.46 bits per heavy atom. The van der Waals surface area contributed by atoms with Crippen LogP contribution in [0.25, 0.3) is 67.1 Å². The number of fused-ring (bicyclic) bond motifs is 2. The molecule has 0 saturated heterocycles. The summed E-state index contributed by atoms with van der Waals surface area (Å²) in [6.07, 6.45) is 0. The number of hydrogen-bond donors (Lipinski definition) is 0. The van der Waals surface area contributed by atoms with E-state index >= 15 is 0 Å². The van der Waals surface area contributed by atoms with Crippen LogP contribution in [0.5, 0.6) is 0 Å². The molecule has 0 spiro atoms. The van der Waals surface area contributed by atoms with Gasteiger partial charge in [0.15, 0.2) is 11.6 Å². The molecule has 0 aliphatic rings. The molecule has 0 aliphatic carbocycles. The van der Waals surface area contributed by atoms with Crippen LogP contribution in [0.2, 0.25) is 5.02 Å². The van der Waals surface area contributed by atoms with Crippen LogP contribution in [0.1, 0.15) is 0 Å². The molecule has 39 heavy (non-hydrogen) atoms. The van der Waals surface area contributed by atoms with Gasteiger partial charge in [0.1, 0.15) is 0 Å². The standard InChI is InChI=1S/C34H21ClN4/c35-26-20-24(32-28-16-8-10-18-30(28)36-33(39-32)23-13-5-2-6-14-23)19-25(21-26)34-37-29-17-9-7-15-27(29)31(38-34)22-11-3-1-4-12-22/h1-21H. The third kappa shape index (κ3) is 4.41. The van der Waals surface area contributed by atoms with Gasteiger partial charge in [-0.3, -0.25) is 0 Å². The maximum Gasteiger partial charge on any atom is 0.160 e. The van der Waals surface area contributed by atoms with Crippen LogP contribution in [0.3, 0.4) is 0 Å². The van der Waals surface area contributed by atoms with Crippen LogP contribution >= 0.6 is 11.6 Å². The quantitative estimate of drug-likeness (QED) is 0.232. The van der Waals surface area contributed by atoms with Crippen molar-refractivity contribution < 1.29 is 0 Å². The molecule has 7 rings (SSSR count). The van der Waals surface area contributed by atoms with E-state index in [2.05, 4.69) is 24.3 Å². The summed E-state index contributed by atoms with van der Waals surface area (Å²) in [7, 11) is 0. The van der Waals surface area contributed by atoms with Gasteiger partial charge >= 0.3 is 0 Å². The SMILES string of the molecule is Clc1cc(-c2nc(-c3ccccc3)c3ccccc3n2)cc(-c2nc(-c3ccccc3)nc3ccccc23)c1. The first-order valence-corrected chi connectivity index (χ1v) is 13.1. The molecule has 2 aromatic heterocycles. The van der Waals surface area contributed by atoms with E-state index in [4.69, 9.17) is 31.5 Å². The lowest BCUT2D eigenvalue weighted by atomic mass is 10.0. The van der Waals surface area contributed by atoms with Crippen LogP contribution < -0.4 is 0 Å². The van der Waals surface area contributed by atoms with Crippen molar-refractivity contribution in [3.63, 3.8) is 0 Å². The predicted molar refractivity (Wildman–Crippen MR) is 159 cm³/mol. The van der Waals surface area contributed by atoms with Gasteiger partial charge in [-0.25, -0.2) is 19.9 Å². The molecule has 2 heterocycles. The molecule has 0 bridgehead atoms. The van der Waals surface area contributed by atoms with E-state index < -0.39 is 0 Å². The second-order valence-electron chi connectivity index (χ2n) is 9.29. The van der Waals surface area contributed by atoms with Gasteiger partial charge < -0.3 is 0 Å². The van der Waals surface area contributed by atoms with Gasteiger partial charge in [-0.1, -0.05) is 109 Å². The first-order valence-electron chi connectivity index (χ1n) is 12.7. The molecule has 7 aromatic rings. The Morgan fingerprint density at radius 1 is 0.385 bits per heavy atom. The van der Waals surface area contributed by atoms with Crippen molar-refractivity contribution in [2.75, 3.05) is 0 Å². The summed E-state index contributed by atoms with van der Waals surface area (Å²) in [6.45, 7) is 0. The highest BCUT2D eigenvalue weighted by Gasteiger charge is 2.16. The molecule has 0 unspecified atom stereocenters. The number of aromatic nitrogens is 4. The Balaban J connectivity index is 1.45. The minimum Gasteiger partial charge on any atom is -0.228 e. The van der Waals surface area contributed by atoms with E-state index in [9.17, 15) is 0 Å². The van der Waals surface area contributed by atoms with E-state index in [1.165, 1.54) is 0 Å². The fourth-order valence-corrected chi connectivity index (χ4v) is 5.13. The summed E-state index contributed by atoms with van der Waals surface area (Å²) in [5, 5.41) is 2.54. The lowest BCUT2D eigenvalue weighted by Crippen LogP contribution is -1.97. The highest BCUT2D eigenvalue weighted by Crippen LogP contribution is 2.35. The van der Waals surface area contributed by atoms with Crippen molar-refractivity contribution >= 4 is 33.4 Å². The molecular weight excluding hydrogens is 500 g/mol. The summed E-state index contributed by atoms with van der Waals surface area (Å²) in [5.74, 6) is 1.28. The monoisotopic (exact) mass is 520 g/mol. The van der Waals surface area contributed by atoms with Crippen LogP contribution in [-0.2, 0) is 0 Å². The van der Waals surface area contributed by atoms with Crippen molar-refractivity contribution in [1.82, 2.24) is 19.9 Å². The zero-order valence-electron chi connectivity index (χ0n) is 20.8. The van der Waals surface area contributed by atoms with E-state index in [0.29, 0.717) is 16.7 Å². The smallest absolute Gasteiger partial charge is 0.160 e. The molecule has 184 valence electrons. The van der Waals surface area contributed by atoms with Crippen molar-refractivity contribution in [1.29, 1.82) is 0 Å². The van der Waals surface area contributed by atoms with Crippen LogP contribution in [0, 0.1) is 0 Å². The third-order valence-electron chi connectivity index (χ3n) is 6.72. The van der Waals surface area contributed by atoms with Crippen LogP contribution in [-0.4, -0.2) is 19.9 Å². The van der Waals surface area contributed by atoms with Crippen LogP contribution in [0.15, 0.2) is 127 Å². The number of rotatable bonds is 4. The summed E-state index contributed by atoms with van der Waals surface area (Å²) < 4.78 is 0. The lowest BCUT2D eigenvalue weighted by molar-refractivity contribution is 1.22. The van der Waals surface area contributed by atoms with Crippen molar-refractivity contribution in [3.8, 4) is 45.3 Å². The van der Waals surface area contributed by atoms with Gasteiger partial charge in [0.05, 0.1) is 22.4 Å². The fraction of sp³-hybridized carbons (Fsp3) is 0. The molecular formula is C34H21ClN4. The van der Waals surface area contributed by atoms with Crippen molar-refractivity contribution in [3.05, 3.63) is 132 Å². The number of benzene rings is 5. The van der Waals surface area contributed by atoms with Gasteiger partial charge in [0, 0.05) is 38.0 Å². The number of para-hydroxylation sites is 2. The summed E-state index contributed by atoms with van der Waals surface area (Å²) in [5.41, 5.74) is 7.14. The van der Waals surface area contributed by atoms with Gasteiger partial charge in [-0.15, -0.1) is 0 Å². The number of hydrogen-bond acceptors (Lipinski definition) is 4. The van der Waals surface area contributed by atoms with E-state index in [1.54, 1.807) is 0 Å². The molecule has 0 N–H and O–H groups in total. The lowest BCUT2D eigenvalue weighted by Gasteiger charge is -2.12. The molecule has 5 heteroatoms. The van der Waals surface area contributed by atoms with E-state index in [1.807, 2.05) is 103 Å². The normalized spacial score (nSPS) is 11.2. The van der Waals surface area contributed by atoms with Crippen molar-refractivity contribution in [2.24, 2.45) is 0 Å². The minimum absolute atomic E-state index is 0.587. The Labute approximate surface area is 230 Å². The molecule has 4 nitrogen and oxygen atoms in total. The van der Waals surface area contributed by atoms with Crippen LogP contribution in [0.4, 0.5) is 0 Å². The second kappa shape index (κ2) is 9.75. The third-order valence-corrected chi connectivity index (χ3v) is 6.93. The number of nitrogens with zero attached hydrogens (tertiary/aromatic N) is 4. The summed E-state index contributed by atoms with van der Waals surface area (Å²) in [4.78, 5) is 19.8. The Kier molecular flexibility index (Phi) is 5.80. The molecule has 0 saturated carbocycles. The van der Waals surface area contributed by atoms with Gasteiger partial charge in [-0.05, 0) is 30.3 Å².